The molecule has 1 aromatic heterocycles. The number of ether oxygens (including phenoxy) is 1. The summed E-state index contributed by atoms with van der Waals surface area (Å²) in [7, 11) is 1.72. The number of fused-ring (bicyclic) bond motifs is 2. The number of halogens is 1. The molecule has 4 heteroatoms. The topological polar surface area (TPSA) is 27.1 Å². The average molecular weight is 351 g/mol. The van der Waals surface area contributed by atoms with Crippen molar-refractivity contribution in [3.05, 3.63) is 77.1 Å². The highest BCUT2D eigenvalue weighted by Gasteiger charge is 2.13. The van der Waals surface area contributed by atoms with E-state index < -0.39 is 0 Å². The maximum Gasteiger partial charge on any atom is 0.114 e. The van der Waals surface area contributed by atoms with E-state index in [0.29, 0.717) is 11.6 Å². The minimum Gasteiger partial charge on any atom is -0.383 e. The van der Waals surface area contributed by atoms with Gasteiger partial charge in [0.25, 0.3) is 0 Å². The van der Waals surface area contributed by atoms with Crippen LogP contribution in [0.15, 0.2) is 60.7 Å². The number of aromatic nitrogens is 2. The van der Waals surface area contributed by atoms with Crippen LogP contribution in [0.5, 0.6) is 0 Å². The normalized spacial score (nSPS) is 11.4. The molecule has 3 aromatic carbocycles. The van der Waals surface area contributed by atoms with Crippen molar-refractivity contribution in [2.75, 3.05) is 13.7 Å². The van der Waals surface area contributed by atoms with Crippen molar-refractivity contribution in [3.8, 4) is 0 Å². The highest BCUT2D eigenvalue weighted by Crippen LogP contribution is 2.25. The molecule has 4 rings (SSSR count). The highest BCUT2D eigenvalue weighted by atomic mass is 35.5. The predicted octanol–water partition coefficient (Wildman–Crippen LogP) is 5.08. The fourth-order valence-electron chi connectivity index (χ4n) is 3.34. The second kappa shape index (κ2) is 6.87. The molecule has 0 spiro atoms. The van der Waals surface area contributed by atoms with E-state index in [1.54, 1.807) is 7.11 Å². The summed E-state index contributed by atoms with van der Waals surface area (Å²) in [6.07, 6.45) is 0.775. The van der Waals surface area contributed by atoms with Crippen LogP contribution in [0.2, 0.25) is 5.02 Å². The standard InChI is InChI=1S/C21H19ClN2O/c1-25-12-11-24-20-10-9-17(22)14-19(20)23-21(24)13-16-7-4-6-15-5-2-3-8-18(15)16/h2-10,14H,11-13H2,1H3. The first-order chi connectivity index (χ1) is 12.3. The SMILES string of the molecule is COCCn1c(Cc2cccc3ccccc23)nc2cc(Cl)ccc21. The summed E-state index contributed by atoms with van der Waals surface area (Å²) in [5, 5.41) is 3.23. The molecule has 0 atom stereocenters. The first-order valence-electron chi connectivity index (χ1n) is 8.36. The molecule has 0 bridgehead atoms. The van der Waals surface area contributed by atoms with Crippen LogP contribution in [0.4, 0.5) is 0 Å². The molecule has 3 nitrogen and oxygen atoms in total. The van der Waals surface area contributed by atoms with Gasteiger partial charge in [0, 0.05) is 25.1 Å². The van der Waals surface area contributed by atoms with Crippen LogP contribution in [0, 0.1) is 0 Å². The zero-order chi connectivity index (χ0) is 17.2. The van der Waals surface area contributed by atoms with Gasteiger partial charge in [-0.25, -0.2) is 4.98 Å². The Kier molecular flexibility index (Phi) is 4.43. The molecular weight excluding hydrogens is 332 g/mol. The molecule has 4 aromatic rings. The number of hydrogen-bond donors (Lipinski definition) is 0. The van der Waals surface area contributed by atoms with Crippen LogP contribution >= 0.6 is 11.6 Å². The number of hydrogen-bond acceptors (Lipinski definition) is 2. The van der Waals surface area contributed by atoms with Gasteiger partial charge < -0.3 is 9.30 Å². The van der Waals surface area contributed by atoms with E-state index in [1.165, 1.54) is 16.3 Å². The lowest BCUT2D eigenvalue weighted by atomic mass is 10.0. The van der Waals surface area contributed by atoms with Gasteiger partial charge >= 0.3 is 0 Å². The summed E-state index contributed by atoms with van der Waals surface area (Å²) in [6.45, 7) is 1.42. The van der Waals surface area contributed by atoms with Crippen LogP contribution in [-0.4, -0.2) is 23.3 Å². The molecule has 0 aliphatic heterocycles. The zero-order valence-electron chi connectivity index (χ0n) is 14.1. The van der Waals surface area contributed by atoms with E-state index in [1.807, 2.05) is 18.2 Å². The van der Waals surface area contributed by atoms with Gasteiger partial charge in [-0.2, -0.15) is 0 Å². The van der Waals surface area contributed by atoms with Crippen molar-refractivity contribution < 1.29 is 4.74 Å². The third-order valence-corrected chi connectivity index (χ3v) is 4.77. The largest absolute Gasteiger partial charge is 0.383 e. The fourth-order valence-corrected chi connectivity index (χ4v) is 3.50. The molecule has 1 heterocycles. The summed E-state index contributed by atoms with van der Waals surface area (Å²) in [4.78, 5) is 4.85. The lowest BCUT2D eigenvalue weighted by Crippen LogP contribution is -2.09. The van der Waals surface area contributed by atoms with Crippen LogP contribution in [-0.2, 0) is 17.7 Å². The van der Waals surface area contributed by atoms with Crippen molar-refractivity contribution in [1.29, 1.82) is 0 Å². The highest BCUT2D eigenvalue weighted by molar-refractivity contribution is 6.31. The lowest BCUT2D eigenvalue weighted by Gasteiger charge is -2.10. The van der Waals surface area contributed by atoms with E-state index in [4.69, 9.17) is 21.3 Å². The van der Waals surface area contributed by atoms with Gasteiger partial charge in [-0.1, -0.05) is 54.1 Å². The molecule has 0 unspecified atom stereocenters. The maximum atomic E-state index is 6.15. The second-order valence-electron chi connectivity index (χ2n) is 6.12. The van der Waals surface area contributed by atoms with Crippen molar-refractivity contribution >= 4 is 33.4 Å². The molecule has 0 saturated heterocycles. The van der Waals surface area contributed by atoms with Gasteiger partial charge in [-0.15, -0.1) is 0 Å². The van der Waals surface area contributed by atoms with Crippen molar-refractivity contribution in [2.45, 2.75) is 13.0 Å². The van der Waals surface area contributed by atoms with Crippen LogP contribution in [0.25, 0.3) is 21.8 Å². The molecule has 0 aliphatic carbocycles. The Labute approximate surface area is 151 Å². The third-order valence-electron chi connectivity index (χ3n) is 4.54. The molecule has 0 fully saturated rings. The Hall–Kier alpha value is -2.36. The van der Waals surface area contributed by atoms with Crippen LogP contribution < -0.4 is 0 Å². The number of imidazole rings is 1. The number of benzene rings is 3. The van der Waals surface area contributed by atoms with Gasteiger partial charge in [0.05, 0.1) is 17.6 Å². The summed E-state index contributed by atoms with van der Waals surface area (Å²) < 4.78 is 7.52. The Morgan fingerprint density at radius 2 is 1.88 bits per heavy atom. The smallest absolute Gasteiger partial charge is 0.114 e. The molecule has 25 heavy (non-hydrogen) atoms. The van der Waals surface area contributed by atoms with E-state index >= 15 is 0 Å². The Bertz CT molecular complexity index is 1030. The van der Waals surface area contributed by atoms with Crippen LogP contribution in [0.1, 0.15) is 11.4 Å². The van der Waals surface area contributed by atoms with Crippen molar-refractivity contribution in [2.24, 2.45) is 0 Å². The zero-order valence-corrected chi connectivity index (χ0v) is 14.8. The molecule has 0 radical (unpaired) electrons. The average Bonchev–Trinajstić information content (AvgIpc) is 2.96. The monoisotopic (exact) mass is 350 g/mol. The van der Waals surface area contributed by atoms with Crippen molar-refractivity contribution in [1.82, 2.24) is 9.55 Å². The Morgan fingerprint density at radius 1 is 1.04 bits per heavy atom. The second-order valence-corrected chi connectivity index (χ2v) is 6.56. The fraction of sp³-hybridized carbons (Fsp3) is 0.190. The van der Waals surface area contributed by atoms with Gasteiger partial charge in [-0.3, -0.25) is 0 Å². The summed E-state index contributed by atoms with van der Waals surface area (Å²) >= 11 is 6.15. The Morgan fingerprint density at radius 3 is 2.76 bits per heavy atom. The van der Waals surface area contributed by atoms with E-state index in [2.05, 4.69) is 47.0 Å². The summed E-state index contributed by atoms with van der Waals surface area (Å²) in [5.41, 5.74) is 3.30. The number of nitrogens with zero attached hydrogens (tertiary/aromatic N) is 2. The molecule has 0 aliphatic rings. The first kappa shape index (κ1) is 16.1. The van der Waals surface area contributed by atoms with E-state index in [9.17, 15) is 0 Å². The minimum absolute atomic E-state index is 0.649. The van der Waals surface area contributed by atoms with E-state index in [0.717, 1.165) is 29.8 Å². The van der Waals surface area contributed by atoms with Gasteiger partial charge in [0.2, 0.25) is 0 Å². The summed E-state index contributed by atoms with van der Waals surface area (Å²) in [6, 6.07) is 20.8. The maximum absolute atomic E-state index is 6.15. The molecule has 0 amide bonds. The first-order valence-corrected chi connectivity index (χ1v) is 8.74. The van der Waals surface area contributed by atoms with Gasteiger partial charge in [-0.05, 0) is 34.5 Å². The van der Waals surface area contributed by atoms with Crippen LogP contribution in [0.3, 0.4) is 0 Å². The Balaban J connectivity index is 1.82. The van der Waals surface area contributed by atoms with Gasteiger partial charge in [0.15, 0.2) is 0 Å². The summed E-state index contributed by atoms with van der Waals surface area (Å²) in [5.74, 6) is 1.03. The number of rotatable bonds is 5. The quantitative estimate of drug-likeness (QED) is 0.502. The third kappa shape index (κ3) is 3.13. The van der Waals surface area contributed by atoms with E-state index in [-0.39, 0.29) is 0 Å². The minimum atomic E-state index is 0.649. The lowest BCUT2D eigenvalue weighted by molar-refractivity contribution is 0.187. The number of methoxy groups -OCH3 is 1. The van der Waals surface area contributed by atoms with Crippen molar-refractivity contribution in [3.63, 3.8) is 0 Å². The van der Waals surface area contributed by atoms with Gasteiger partial charge in [0.1, 0.15) is 5.82 Å². The molecule has 126 valence electrons. The molecular formula is C21H19ClN2O. The molecule has 0 N–H and O–H groups in total. The molecule has 0 saturated carbocycles. The predicted molar refractivity (Wildman–Crippen MR) is 103 cm³/mol.